The third-order valence-corrected chi connectivity index (χ3v) is 3.33. The van der Waals surface area contributed by atoms with Crippen LogP contribution in [0.3, 0.4) is 0 Å². The molecule has 0 aliphatic heterocycles. The lowest BCUT2D eigenvalue weighted by Gasteiger charge is -2.17. The van der Waals surface area contributed by atoms with Gasteiger partial charge < -0.3 is 16.4 Å². The van der Waals surface area contributed by atoms with Crippen molar-refractivity contribution in [3.05, 3.63) is 59.7 Å². The molecule has 0 spiro atoms. The largest absolute Gasteiger partial charge is 0.397 e. The molecule has 0 saturated carbocycles. The van der Waals surface area contributed by atoms with Gasteiger partial charge in [0, 0.05) is 18.7 Å². The first kappa shape index (κ1) is 14.9. The number of amides is 1. The molecule has 0 aliphatic carbocycles. The molecular formula is C17H21N3O. The van der Waals surface area contributed by atoms with E-state index in [-0.39, 0.29) is 11.9 Å². The summed E-state index contributed by atoms with van der Waals surface area (Å²) in [6.45, 7) is 2.11. The number of benzene rings is 2. The monoisotopic (exact) mass is 283 g/mol. The third-order valence-electron chi connectivity index (χ3n) is 3.33. The third kappa shape index (κ3) is 3.99. The van der Waals surface area contributed by atoms with Crippen molar-refractivity contribution in [1.29, 1.82) is 0 Å². The van der Waals surface area contributed by atoms with Gasteiger partial charge in [-0.15, -0.1) is 0 Å². The zero-order valence-corrected chi connectivity index (χ0v) is 12.4. The molecule has 0 fully saturated rings. The maximum absolute atomic E-state index is 11.6. The van der Waals surface area contributed by atoms with Crippen molar-refractivity contribution < 1.29 is 4.79 Å². The molecule has 0 bridgehead atoms. The second-order valence-electron chi connectivity index (χ2n) is 5.12. The summed E-state index contributed by atoms with van der Waals surface area (Å²) in [6, 6.07) is 15.9. The SMILES string of the molecule is CNC(=O)c1ccc(NC(C)Cc2ccccc2)c(N)c1. The minimum absolute atomic E-state index is 0.134. The molecular weight excluding hydrogens is 262 g/mol. The van der Waals surface area contributed by atoms with Crippen molar-refractivity contribution in [2.24, 2.45) is 0 Å². The van der Waals surface area contributed by atoms with Crippen molar-refractivity contribution >= 4 is 17.3 Å². The lowest BCUT2D eigenvalue weighted by molar-refractivity contribution is 0.0963. The Morgan fingerprint density at radius 3 is 2.52 bits per heavy atom. The first-order valence-corrected chi connectivity index (χ1v) is 7.02. The van der Waals surface area contributed by atoms with Crippen LogP contribution >= 0.6 is 0 Å². The van der Waals surface area contributed by atoms with Gasteiger partial charge in [0.2, 0.25) is 0 Å². The van der Waals surface area contributed by atoms with E-state index in [9.17, 15) is 4.79 Å². The van der Waals surface area contributed by atoms with Gasteiger partial charge in [0.15, 0.2) is 0 Å². The number of nitrogens with two attached hydrogens (primary N) is 1. The van der Waals surface area contributed by atoms with Gasteiger partial charge in [0.05, 0.1) is 11.4 Å². The van der Waals surface area contributed by atoms with Gasteiger partial charge in [-0.2, -0.15) is 0 Å². The second-order valence-corrected chi connectivity index (χ2v) is 5.12. The molecule has 2 aromatic carbocycles. The Hall–Kier alpha value is -2.49. The van der Waals surface area contributed by atoms with E-state index >= 15 is 0 Å². The van der Waals surface area contributed by atoms with E-state index in [0.29, 0.717) is 11.3 Å². The van der Waals surface area contributed by atoms with Crippen LogP contribution in [-0.2, 0) is 6.42 Å². The topological polar surface area (TPSA) is 67.2 Å². The lowest BCUT2D eigenvalue weighted by Crippen LogP contribution is -2.20. The van der Waals surface area contributed by atoms with Crippen molar-refractivity contribution in [2.75, 3.05) is 18.1 Å². The van der Waals surface area contributed by atoms with Crippen molar-refractivity contribution in [2.45, 2.75) is 19.4 Å². The number of carbonyl (C=O) groups excluding carboxylic acids is 1. The van der Waals surface area contributed by atoms with Crippen LogP contribution in [0.5, 0.6) is 0 Å². The van der Waals surface area contributed by atoms with Gasteiger partial charge in [-0.3, -0.25) is 4.79 Å². The Kier molecular flexibility index (Phi) is 4.82. The molecule has 2 aromatic rings. The molecule has 1 unspecified atom stereocenters. The fourth-order valence-electron chi connectivity index (χ4n) is 2.26. The molecule has 21 heavy (non-hydrogen) atoms. The smallest absolute Gasteiger partial charge is 0.251 e. The summed E-state index contributed by atoms with van der Waals surface area (Å²) in [6.07, 6.45) is 0.914. The van der Waals surface area contributed by atoms with Gasteiger partial charge in [0.1, 0.15) is 0 Å². The standard InChI is InChI=1S/C17H21N3O/c1-12(10-13-6-4-3-5-7-13)20-16-9-8-14(11-15(16)18)17(21)19-2/h3-9,11-12,20H,10,18H2,1-2H3,(H,19,21). The first-order chi connectivity index (χ1) is 10.1. The Morgan fingerprint density at radius 1 is 1.19 bits per heavy atom. The van der Waals surface area contributed by atoms with Gasteiger partial charge in [-0.1, -0.05) is 30.3 Å². The first-order valence-electron chi connectivity index (χ1n) is 7.02. The zero-order chi connectivity index (χ0) is 15.2. The highest BCUT2D eigenvalue weighted by atomic mass is 16.1. The number of hydrogen-bond donors (Lipinski definition) is 3. The molecule has 1 amide bonds. The fourth-order valence-corrected chi connectivity index (χ4v) is 2.26. The Morgan fingerprint density at radius 2 is 1.90 bits per heavy atom. The van der Waals surface area contributed by atoms with Crippen LogP contribution in [-0.4, -0.2) is 19.0 Å². The Labute approximate surface area is 125 Å². The second kappa shape index (κ2) is 6.79. The number of nitrogen functional groups attached to an aromatic ring is 1. The highest BCUT2D eigenvalue weighted by Crippen LogP contribution is 2.21. The highest BCUT2D eigenvalue weighted by Gasteiger charge is 2.09. The average molecular weight is 283 g/mol. The molecule has 4 heteroatoms. The number of rotatable bonds is 5. The predicted octanol–water partition coefficient (Wildman–Crippen LogP) is 2.67. The molecule has 110 valence electrons. The van der Waals surface area contributed by atoms with E-state index in [4.69, 9.17) is 5.73 Å². The maximum Gasteiger partial charge on any atom is 0.251 e. The molecule has 4 nitrogen and oxygen atoms in total. The van der Waals surface area contributed by atoms with Crippen LogP contribution in [0.2, 0.25) is 0 Å². The molecule has 0 radical (unpaired) electrons. The summed E-state index contributed by atoms with van der Waals surface area (Å²) in [5.41, 5.74) is 9.29. The normalized spacial score (nSPS) is 11.7. The molecule has 0 heterocycles. The van der Waals surface area contributed by atoms with Crippen molar-refractivity contribution in [3.63, 3.8) is 0 Å². The summed E-state index contributed by atoms with van der Waals surface area (Å²) in [7, 11) is 1.60. The summed E-state index contributed by atoms with van der Waals surface area (Å²) >= 11 is 0. The average Bonchev–Trinajstić information content (AvgIpc) is 2.49. The summed E-state index contributed by atoms with van der Waals surface area (Å²) < 4.78 is 0. The molecule has 4 N–H and O–H groups in total. The van der Waals surface area contributed by atoms with Crippen LogP contribution in [0.15, 0.2) is 48.5 Å². The van der Waals surface area contributed by atoms with Gasteiger partial charge in [-0.25, -0.2) is 0 Å². The minimum Gasteiger partial charge on any atom is -0.397 e. The predicted molar refractivity (Wildman–Crippen MR) is 87.5 cm³/mol. The van der Waals surface area contributed by atoms with E-state index in [1.807, 2.05) is 24.3 Å². The van der Waals surface area contributed by atoms with Crippen LogP contribution in [0.25, 0.3) is 0 Å². The lowest BCUT2D eigenvalue weighted by atomic mass is 10.1. The number of nitrogens with one attached hydrogen (secondary N) is 2. The Bertz CT molecular complexity index is 611. The van der Waals surface area contributed by atoms with Gasteiger partial charge in [0.25, 0.3) is 5.91 Å². The van der Waals surface area contributed by atoms with Crippen LogP contribution < -0.4 is 16.4 Å². The zero-order valence-electron chi connectivity index (χ0n) is 12.4. The van der Waals surface area contributed by atoms with E-state index in [0.717, 1.165) is 12.1 Å². The van der Waals surface area contributed by atoms with Crippen molar-refractivity contribution in [3.8, 4) is 0 Å². The van der Waals surface area contributed by atoms with E-state index in [1.165, 1.54) is 5.56 Å². The number of carbonyl (C=O) groups is 1. The summed E-state index contributed by atoms with van der Waals surface area (Å²) in [5.74, 6) is -0.134. The van der Waals surface area contributed by atoms with E-state index < -0.39 is 0 Å². The van der Waals surface area contributed by atoms with Crippen LogP contribution in [0.4, 0.5) is 11.4 Å². The fraction of sp³-hybridized carbons (Fsp3) is 0.235. The van der Waals surface area contributed by atoms with Crippen molar-refractivity contribution in [1.82, 2.24) is 5.32 Å². The van der Waals surface area contributed by atoms with Gasteiger partial charge >= 0.3 is 0 Å². The molecule has 0 saturated heterocycles. The quantitative estimate of drug-likeness (QED) is 0.739. The maximum atomic E-state index is 11.6. The summed E-state index contributed by atoms with van der Waals surface area (Å²) in [4.78, 5) is 11.6. The molecule has 1 atom stereocenters. The number of hydrogen-bond acceptors (Lipinski definition) is 3. The van der Waals surface area contributed by atoms with E-state index in [2.05, 4.69) is 29.7 Å². The van der Waals surface area contributed by atoms with Crippen LogP contribution in [0.1, 0.15) is 22.8 Å². The molecule has 0 aromatic heterocycles. The molecule has 2 rings (SSSR count). The number of anilines is 2. The highest BCUT2D eigenvalue weighted by molar-refractivity contribution is 5.95. The van der Waals surface area contributed by atoms with Gasteiger partial charge in [-0.05, 0) is 37.1 Å². The Balaban J connectivity index is 2.04. The van der Waals surface area contributed by atoms with E-state index in [1.54, 1.807) is 19.2 Å². The molecule has 0 aliphatic rings. The minimum atomic E-state index is -0.134. The summed E-state index contributed by atoms with van der Waals surface area (Å²) in [5, 5.41) is 5.97. The van der Waals surface area contributed by atoms with Crippen LogP contribution in [0, 0.1) is 0 Å².